The molecular formula is C15H26N2O3. The molecule has 5 heteroatoms. The molecule has 1 heterocycles. The monoisotopic (exact) mass is 282 g/mol. The third-order valence-corrected chi connectivity index (χ3v) is 2.65. The third-order valence-electron chi connectivity index (χ3n) is 2.65. The van der Waals surface area contributed by atoms with Gasteiger partial charge in [0.15, 0.2) is 0 Å². The van der Waals surface area contributed by atoms with Crippen molar-refractivity contribution in [2.24, 2.45) is 0 Å². The standard InChI is InChI=1S/C15H26N2O3/c1-3-6-16-13-14-12-15(5-7-17-14)20-11-10-19-9-4-8-18-2/h5,7,12,16H,3-4,6,8-11,13H2,1-2H3. The molecule has 5 nitrogen and oxygen atoms in total. The highest BCUT2D eigenvalue weighted by Crippen LogP contribution is 2.10. The van der Waals surface area contributed by atoms with Gasteiger partial charge < -0.3 is 19.5 Å². The molecule has 1 aromatic heterocycles. The van der Waals surface area contributed by atoms with Crippen molar-refractivity contribution in [2.75, 3.05) is 40.1 Å². The van der Waals surface area contributed by atoms with Crippen LogP contribution in [0.2, 0.25) is 0 Å². The van der Waals surface area contributed by atoms with Gasteiger partial charge in [-0.15, -0.1) is 0 Å². The summed E-state index contributed by atoms with van der Waals surface area (Å²) in [5.74, 6) is 0.841. The molecule has 0 bridgehead atoms. The number of methoxy groups -OCH3 is 1. The van der Waals surface area contributed by atoms with E-state index in [-0.39, 0.29) is 0 Å². The quantitative estimate of drug-likeness (QED) is 0.594. The average Bonchev–Trinajstić information content (AvgIpc) is 2.47. The lowest BCUT2D eigenvalue weighted by Gasteiger charge is -2.08. The second kappa shape index (κ2) is 11.6. The van der Waals surface area contributed by atoms with Crippen LogP contribution in [0.15, 0.2) is 18.3 Å². The summed E-state index contributed by atoms with van der Waals surface area (Å²) >= 11 is 0. The smallest absolute Gasteiger partial charge is 0.122 e. The van der Waals surface area contributed by atoms with E-state index in [4.69, 9.17) is 14.2 Å². The molecule has 0 aliphatic heterocycles. The van der Waals surface area contributed by atoms with Crippen molar-refractivity contribution < 1.29 is 14.2 Å². The highest BCUT2D eigenvalue weighted by Gasteiger charge is 1.98. The first kappa shape index (κ1) is 16.9. The number of aromatic nitrogens is 1. The number of nitrogens with zero attached hydrogens (tertiary/aromatic N) is 1. The lowest BCUT2D eigenvalue weighted by Crippen LogP contribution is -2.15. The molecule has 0 aliphatic rings. The number of nitrogens with one attached hydrogen (secondary N) is 1. The van der Waals surface area contributed by atoms with Gasteiger partial charge >= 0.3 is 0 Å². The van der Waals surface area contributed by atoms with Gasteiger partial charge in [0.2, 0.25) is 0 Å². The molecule has 0 radical (unpaired) electrons. The normalized spacial score (nSPS) is 10.7. The molecule has 114 valence electrons. The van der Waals surface area contributed by atoms with Crippen LogP contribution in [-0.4, -0.2) is 45.1 Å². The summed E-state index contributed by atoms with van der Waals surface area (Å²) in [6.07, 6.45) is 3.81. The summed E-state index contributed by atoms with van der Waals surface area (Å²) in [6.45, 7) is 6.51. The van der Waals surface area contributed by atoms with Gasteiger partial charge in [-0.25, -0.2) is 0 Å². The predicted octanol–water partition coefficient (Wildman–Crippen LogP) is 2.01. The summed E-state index contributed by atoms with van der Waals surface area (Å²) in [4.78, 5) is 4.30. The maximum Gasteiger partial charge on any atom is 0.122 e. The summed E-state index contributed by atoms with van der Waals surface area (Å²) in [6, 6.07) is 3.84. The van der Waals surface area contributed by atoms with Crippen molar-refractivity contribution in [3.63, 3.8) is 0 Å². The van der Waals surface area contributed by atoms with Gasteiger partial charge in [-0.1, -0.05) is 6.92 Å². The fourth-order valence-corrected chi connectivity index (χ4v) is 1.66. The molecule has 0 amide bonds. The van der Waals surface area contributed by atoms with Gasteiger partial charge in [-0.2, -0.15) is 0 Å². The molecule has 0 saturated heterocycles. The van der Waals surface area contributed by atoms with Gasteiger partial charge in [0.1, 0.15) is 12.4 Å². The maximum absolute atomic E-state index is 5.64. The van der Waals surface area contributed by atoms with Crippen LogP contribution in [0, 0.1) is 0 Å². The predicted molar refractivity (Wildman–Crippen MR) is 79.0 cm³/mol. The third kappa shape index (κ3) is 8.09. The minimum absolute atomic E-state index is 0.554. The fraction of sp³-hybridized carbons (Fsp3) is 0.667. The summed E-state index contributed by atoms with van der Waals surface area (Å²) < 4.78 is 16.0. The Kier molecular flexibility index (Phi) is 9.83. The van der Waals surface area contributed by atoms with Crippen molar-refractivity contribution in [3.8, 4) is 5.75 Å². The van der Waals surface area contributed by atoms with Gasteiger partial charge in [0.05, 0.1) is 12.3 Å². The van der Waals surface area contributed by atoms with Crippen LogP contribution in [0.25, 0.3) is 0 Å². The molecule has 0 fully saturated rings. The van der Waals surface area contributed by atoms with E-state index >= 15 is 0 Å². The molecule has 0 unspecified atom stereocenters. The van der Waals surface area contributed by atoms with Crippen LogP contribution in [0.3, 0.4) is 0 Å². The lowest BCUT2D eigenvalue weighted by atomic mass is 10.3. The van der Waals surface area contributed by atoms with E-state index in [2.05, 4.69) is 17.2 Å². The number of rotatable bonds is 12. The topological polar surface area (TPSA) is 52.6 Å². The van der Waals surface area contributed by atoms with E-state index in [1.165, 1.54) is 0 Å². The Hall–Kier alpha value is -1.17. The average molecular weight is 282 g/mol. The van der Waals surface area contributed by atoms with Crippen LogP contribution in [0.1, 0.15) is 25.5 Å². The molecule has 1 aromatic rings. The molecule has 1 N–H and O–H groups in total. The lowest BCUT2D eigenvalue weighted by molar-refractivity contribution is 0.0806. The van der Waals surface area contributed by atoms with E-state index in [9.17, 15) is 0 Å². The summed E-state index contributed by atoms with van der Waals surface area (Å²) in [5, 5.41) is 3.32. The van der Waals surface area contributed by atoms with Crippen LogP contribution in [0.5, 0.6) is 5.75 Å². The molecule has 0 atom stereocenters. The van der Waals surface area contributed by atoms with E-state index in [1.54, 1.807) is 13.3 Å². The molecule has 0 spiro atoms. The molecule has 0 saturated carbocycles. The first-order valence-electron chi connectivity index (χ1n) is 7.22. The van der Waals surface area contributed by atoms with Crippen molar-refractivity contribution in [1.82, 2.24) is 10.3 Å². The number of pyridine rings is 1. The van der Waals surface area contributed by atoms with Crippen LogP contribution >= 0.6 is 0 Å². The Morgan fingerprint density at radius 2 is 2.10 bits per heavy atom. The second-order valence-electron chi connectivity index (χ2n) is 4.47. The van der Waals surface area contributed by atoms with Crippen LogP contribution in [0.4, 0.5) is 0 Å². The zero-order valence-electron chi connectivity index (χ0n) is 12.6. The van der Waals surface area contributed by atoms with Crippen molar-refractivity contribution >= 4 is 0 Å². The van der Waals surface area contributed by atoms with Gasteiger partial charge in [0, 0.05) is 39.1 Å². The first-order chi connectivity index (χ1) is 9.86. The van der Waals surface area contributed by atoms with Crippen LogP contribution in [-0.2, 0) is 16.0 Å². The molecule has 20 heavy (non-hydrogen) atoms. The number of hydrogen-bond acceptors (Lipinski definition) is 5. The SMILES string of the molecule is CCCNCc1cc(OCCOCCCOC)ccn1. The minimum Gasteiger partial charge on any atom is -0.491 e. The Labute approximate surface area is 121 Å². The maximum atomic E-state index is 5.64. The Balaban J connectivity index is 2.14. The van der Waals surface area contributed by atoms with Gasteiger partial charge in [0.25, 0.3) is 0 Å². The van der Waals surface area contributed by atoms with Crippen molar-refractivity contribution in [1.29, 1.82) is 0 Å². The molecule has 0 aliphatic carbocycles. The zero-order chi connectivity index (χ0) is 14.5. The first-order valence-corrected chi connectivity index (χ1v) is 7.22. The minimum atomic E-state index is 0.554. The summed E-state index contributed by atoms with van der Waals surface area (Å²) in [7, 11) is 1.69. The highest BCUT2D eigenvalue weighted by atomic mass is 16.5. The van der Waals surface area contributed by atoms with Crippen molar-refractivity contribution in [3.05, 3.63) is 24.0 Å². The molecule has 0 aromatic carbocycles. The Bertz CT molecular complexity index is 348. The second-order valence-corrected chi connectivity index (χ2v) is 4.47. The highest BCUT2D eigenvalue weighted by molar-refractivity contribution is 5.22. The molecule has 1 rings (SSSR count). The molecular weight excluding hydrogens is 256 g/mol. The number of ether oxygens (including phenoxy) is 3. The van der Waals surface area contributed by atoms with E-state index in [1.807, 2.05) is 12.1 Å². The van der Waals surface area contributed by atoms with Crippen LogP contribution < -0.4 is 10.1 Å². The van der Waals surface area contributed by atoms with Gasteiger partial charge in [-0.05, 0) is 25.5 Å². The zero-order valence-corrected chi connectivity index (χ0v) is 12.6. The van der Waals surface area contributed by atoms with E-state index < -0.39 is 0 Å². The van der Waals surface area contributed by atoms with E-state index in [0.29, 0.717) is 19.8 Å². The fourth-order valence-electron chi connectivity index (χ4n) is 1.66. The van der Waals surface area contributed by atoms with E-state index in [0.717, 1.165) is 44.0 Å². The largest absolute Gasteiger partial charge is 0.491 e. The van der Waals surface area contributed by atoms with Crippen molar-refractivity contribution in [2.45, 2.75) is 26.3 Å². The Morgan fingerprint density at radius 3 is 2.90 bits per heavy atom. The Morgan fingerprint density at radius 1 is 1.20 bits per heavy atom. The number of hydrogen-bond donors (Lipinski definition) is 1. The van der Waals surface area contributed by atoms with Gasteiger partial charge in [-0.3, -0.25) is 4.98 Å². The summed E-state index contributed by atoms with van der Waals surface area (Å²) in [5.41, 5.74) is 0.997.